The molecule has 16 heavy (non-hydrogen) atoms. The Bertz CT molecular complexity index is 521. The first-order valence-electron chi connectivity index (χ1n) is 4.34. The van der Waals surface area contributed by atoms with Gasteiger partial charge in [-0.25, -0.2) is 9.97 Å². The quantitative estimate of drug-likeness (QED) is 0.378. The first kappa shape index (κ1) is 12.6. The topological polar surface area (TPSA) is 74.4 Å². The Balaban J connectivity index is 0.000000160. The van der Waals surface area contributed by atoms with E-state index in [9.17, 15) is 4.79 Å². The van der Waals surface area contributed by atoms with Crippen molar-refractivity contribution in [2.45, 2.75) is 12.1 Å². The number of nitrogens with zero attached hydrogens (tertiary/aromatic N) is 2. The van der Waals surface area contributed by atoms with E-state index >= 15 is 0 Å². The van der Waals surface area contributed by atoms with Crippen LogP contribution >= 0.6 is 24.8 Å². The number of aromatic nitrogens is 4. The Morgan fingerprint density at radius 2 is 2.19 bits per heavy atom. The van der Waals surface area contributed by atoms with Gasteiger partial charge in [-0.1, -0.05) is 0 Å². The lowest BCUT2D eigenvalue weighted by atomic mass is 10.5. The number of aryl methyl sites for hydroxylation is 1. The maximum absolute atomic E-state index is 10.3. The number of rotatable bonds is 0. The molecule has 0 aliphatic carbocycles. The average molecular weight is 254 g/mol. The van der Waals surface area contributed by atoms with Gasteiger partial charge in [-0.2, -0.15) is 0 Å². The number of hydrogen-bond acceptors (Lipinski definition) is 5. The third-order valence-electron chi connectivity index (χ3n) is 1.47. The maximum Gasteiger partial charge on any atom is 0.251 e. The lowest BCUT2D eigenvalue weighted by Crippen LogP contribution is -2.02. The second kappa shape index (κ2) is 6.19. The van der Waals surface area contributed by atoms with Crippen molar-refractivity contribution in [1.29, 1.82) is 0 Å². The highest BCUT2D eigenvalue weighted by molar-refractivity contribution is 7.80. The van der Waals surface area contributed by atoms with E-state index in [1.54, 1.807) is 6.20 Å². The zero-order chi connectivity index (χ0) is 12.0. The van der Waals surface area contributed by atoms with Crippen LogP contribution < -0.4 is 5.56 Å². The van der Waals surface area contributed by atoms with Crippen LogP contribution in [-0.4, -0.2) is 19.9 Å². The molecule has 0 aliphatic rings. The Labute approximate surface area is 102 Å². The summed E-state index contributed by atoms with van der Waals surface area (Å²) in [4.78, 5) is 23.1. The van der Waals surface area contributed by atoms with E-state index in [0.29, 0.717) is 9.93 Å². The van der Waals surface area contributed by atoms with E-state index < -0.39 is 0 Å². The molecule has 7 heteroatoms. The van der Waals surface area contributed by atoms with Crippen LogP contribution in [0.1, 0.15) is 5.69 Å². The van der Waals surface area contributed by atoms with Crippen molar-refractivity contribution in [2.24, 2.45) is 0 Å². The standard InChI is InChI=1S/C5H6N2S.C4H4N2OS/c1-4-2-3-6-5(8)7-4;7-3-1-2-5-4(8)6-3/h2-3H,1H3,(H,6,7,8);1-2H,(H2,5,6,7,8). The summed E-state index contributed by atoms with van der Waals surface area (Å²) in [5.74, 6) is 0. The molecule has 0 radical (unpaired) electrons. The van der Waals surface area contributed by atoms with Gasteiger partial charge >= 0.3 is 0 Å². The number of aromatic amines is 2. The monoisotopic (exact) mass is 254 g/mol. The molecule has 0 amide bonds. The zero-order valence-electron chi connectivity index (χ0n) is 8.47. The van der Waals surface area contributed by atoms with Crippen LogP contribution in [0.25, 0.3) is 0 Å². The summed E-state index contributed by atoms with van der Waals surface area (Å²) in [7, 11) is 0. The van der Waals surface area contributed by atoms with Gasteiger partial charge in [-0.15, -0.1) is 12.6 Å². The van der Waals surface area contributed by atoms with Crippen molar-refractivity contribution < 1.29 is 0 Å². The molecule has 0 atom stereocenters. The summed E-state index contributed by atoms with van der Waals surface area (Å²) in [5, 5.41) is 0.532. The molecule has 5 nitrogen and oxygen atoms in total. The minimum atomic E-state index is -0.172. The van der Waals surface area contributed by atoms with E-state index in [0.717, 1.165) is 5.69 Å². The summed E-state index contributed by atoms with van der Waals surface area (Å²) in [6.45, 7) is 1.90. The number of thiol groups is 1. The van der Waals surface area contributed by atoms with Gasteiger partial charge in [0.15, 0.2) is 9.93 Å². The minimum absolute atomic E-state index is 0.172. The van der Waals surface area contributed by atoms with Gasteiger partial charge in [-0.05, 0) is 25.2 Å². The second-order valence-corrected chi connectivity index (χ2v) is 3.60. The van der Waals surface area contributed by atoms with Gasteiger partial charge in [0, 0.05) is 24.2 Å². The lowest BCUT2D eigenvalue weighted by Gasteiger charge is -1.88. The Kier molecular flexibility index (Phi) is 4.87. The van der Waals surface area contributed by atoms with Crippen LogP contribution in [0.5, 0.6) is 0 Å². The predicted octanol–water partition coefficient (Wildman–Crippen LogP) is 1.51. The Morgan fingerprint density at radius 1 is 1.44 bits per heavy atom. The zero-order valence-corrected chi connectivity index (χ0v) is 10.2. The first-order chi connectivity index (χ1) is 7.58. The molecule has 0 saturated heterocycles. The van der Waals surface area contributed by atoms with E-state index in [4.69, 9.17) is 0 Å². The molecule has 0 bridgehead atoms. The van der Waals surface area contributed by atoms with Gasteiger partial charge in [0.1, 0.15) is 0 Å². The van der Waals surface area contributed by atoms with Crippen LogP contribution in [0.3, 0.4) is 0 Å². The number of nitrogens with one attached hydrogen (secondary N) is 2. The van der Waals surface area contributed by atoms with E-state index in [1.807, 2.05) is 13.0 Å². The van der Waals surface area contributed by atoms with E-state index in [-0.39, 0.29) is 5.56 Å². The van der Waals surface area contributed by atoms with Crippen LogP contribution in [0.2, 0.25) is 0 Å². The molecule has 0 spiro atoms. The second-order valence-electron chi connectivity index (χ2n) is 2.79. The summed E-state index contributed by atoms with van der Waals surface area (Å²) < 4.78 is 0.359. The van der Waals surface area contributed by atoms with Crippen molar-refractivity contribution in [3.8, 4) is 0 Å². The predicted molar refractivity (Wildman–Crippen MR) is 66.3 cm³/mol. The molecular weight excluding hydrogens is 244 g/mol. The Hall–Kier alpha value is -1.47. The SMILES string of the molecule is Cc1ccnc(S)n1.O=c1cc[nH]c(=S)[nH]1. The molecule has 2 N–H and O–H groups in total. The highest BCUT2D eigenvalue weighted by atomic mass is 32.1. The van der Waals surface area contributed by atoms with Crippen LogP contribution in [0, 0.1) is 11.7 Å². The third-order valence-corrected chi connectivity index (χ3v) is 1.90. The molecular formula is C9H10N4OS2. The van der Waals surface area contributed by atoms with Crippen molar-refractivity contribution in [1.82, 2.24) is 19.9 Å². The summed E-state index contributed by atoms with van der Waals surface area (Å²) >= 11 is 8.52. The average Bonchev–Trinajstić information content (AvgIpc) is 2.17. The van der Waals surface area contributed by atoms with Crippen molar-refractivity contribution in [3.05, 3.63) is 45.3 Å². The fraction of sp³-hybridized carbons (Fsp3) is 0.111. The molecule has 0 saturated carbocycles. The molecule has 2 rings (SSSR count). The Morgan fingerprint density at radius 3 is 2.56 bits per heavy atom. The fourth-order valence-electron chi connectivity index (χ4n) is 0.818. The summed E-state index contributed by atoms with van der Waals surface area (Å²) in [6.07, 6.45) is 3.19. The van der Waals surface area contributed by atoms with E-state index in [2.05, 4.69) is 44.8 Å². The number of hydrogen-bond donors (Lipinski definition) is 3. The van der Waals surface area contributed by atoms with Crippen molar-refractivity contribution >= 4 is 24.8 Å². The molecule has 0 aliphatic heterocycles. The van der Waals surface area contributed by atoms with Gasteiger partial charge in [0.2, 0.25) is 0 Å². The molecule has 0 fully saturated rings. The highest BCUT2D eigenvalue weighted by Gasteiger charge is 1.84. The molecule has 0 unspecified atom stereocenters. The van der Waals surface area contributed by atoms with E-state index in [1.165, 1.54) is 12.3 Å². The third kappa shape index (κ3) is 4.85. The van der Waals surface area contributed by atoms with Gasteiger partial charge in [0.05, 0.1) is 0 Å². The van der Waals surface area contributed by atoms with Gasteiger partial charge in [0.25, 0.3) is 5.56 Å². The minimum Gasteiger partial charge on any atom is -0.339 e. The van der Waals surface area contributed by atoms with Crippen LogP contribution in [-0.2, 0) is 0 Å². The molecule has 0 aromatic carbocycles. The van der Waals surface area contributed by atoms with Crippen LogP contribution in [0.15, 0.2) is 34.5 Å². The summed E-state index contributed by atoms with van der Waals surface area (Å²) in [6, 6.07) is 3.20. The van der Waals surface area contributed by atoms with Crippen molar-refractivity contribution in [2.75, 3.05) is 0 Å². The van der Waals surface area contributed by atoms with Gasteiger partial charge < -0.3 is 4.98 Å². The normalized spacial score (nSPS) is 9.12. The highest BCUT2D eigenvalue weighted by Crippen LogP contribution is 1.95. The molecule has 84 valence electrons. The molecule has 2 heterocycles. The summed E-state index contributed by atoms with van der Waals surface area (Å²) in [5.41, 5.74) is 0.777. The fourth-order valence-corrected chi connectivity index (χ4v) is 1.21. The molecule has 2 aromatic heterocycles. The largest absolute Gasteiger partial charge is 0.339 e. The van der Waals surface area contributed by atoms with Gasteiger partial charge in [-0.3, -0.25) is 9.78 Å². The number of H-pyrrole nitrogens is 2. The maximum atomic E-state index is 10.3. The van der Waals surface area contributed by atoms with Crippen molar-refractivity contribution in [3.63, 3.8) is 0 Å². The lowest BCUT2D eigenvalue weighted by molar-refractivity contribution is 0.939. The first-order valence-corrected chi connectivity index (χ1v) is 5.20. The molecule has 2 aromatic rings. The van der Waals surface area contributed by atoms with Crippen LogP contribution in [0.4, 0.5) is 0 Å². The smallest absolute Gasteiger partial charge is 0.251 e.